The number of sulfonamides is 1. The van der Waals surface area contributed by atoms with Crippen LogP contribution in [0.5, 0.6) is 5.75 Å². The fraction of sp³-hybridized carbons (Fsp3) is 0.233. The van der Waals surface area contributed by atoms with E-state index in [4.69, 9.17) is 14.7 Å². The lowest BCUT2D eigenvalue weighted by Crippen LogP contribution is -2.23. The zero-order chi connectivity index (χ0) is 29.7. The Hall–Kier alpha value is -4.68. The van der Waals surface area contributed by atoms with Crippen LogP contribution in [0.4, 0.5) is 29.1 Å². The third kappa shape index (κ3) is 6.78. The van der Waals surface area contributed by atoms with Gasteiger partial charge in [-0.3, -0.25) is 0 Å². The van der Waals surface area contributed by atoms with Gasteiger partial charge in [0.2, 0.25) is 21.9 Å². The van der Waals surface area contributed by atoms with Gasteiger partial charge in [-0.15, -0.1) is 0 Å². The SMILES string of the molecule is CNS(=O)(=O)CCc1ccc(Nc2nccc(N(C)c3ccc4c(c3)nc(NCc3ccc(OC)cc3)n4C)n2)cc1. The third-order valence-electron chi connectivity index (χ3n) is 7.03. The van der Waals surface area contributed by atoms with Crippen molar-refractivity contribution in [3.63, 3.8) is 0 Å². The summed E-state index contributed by atoms with van der Waals surface area (Å²) in [5.41, 5.74) is 5.69. The molecule has 11 nitrogen and oxygen atoms in total. The van der Waals surface area contributed by atoms with Gasteiger partial charge in [0.1, 0.15) is 11.6 Å². The molecule has 0 aliphatic heterocycles. The minimum Gasteiger partial charge on any atom is -0.497 e. The van der Waals surface area contributed by atoms with E-state index in [9.17, 15) is 8.42 Å². The van der Waals surface area contributed by atoms with Crippen LogP contribution in [0.1, 0.15) is 11.1 Å². The molecule has 0 atom stereocenters. The van der Waals surface area contributed by atoms with Gasteiger partial charge < -0.3 is 24.8 Å². The van der Waals surface area contributed by atoms with Crippen LogP contribution in [0.25, 0.3) is 11.0 Å². The van der Waals surface area contributed by atoms with Crippen molar-refractivity contribution in [2.24, 2.45) is 7.05 Å². The van der Waals surface area contributed by atoms with Crippen molar-refractivity contribution in [2.75, 3.05) is 42.5 Å². The van der Waals surface area contributed by atoms with Crippen LogP contribution in [0.2, 0.25) is 0 Å². The Morgan fingerprint density at radius 2 is 1.69 bits per heavy atom. The van der Waals surface area contributed by atoms with E-state index in [1.54, 1.807) is 13.3 Å². The largest absolute Gasteiger partial charge is 0.497 e. The first-order valence-electron chi connectivity index (χ1n) is 13.4. The number of imidazole rings is 1. The zero-order valence-corrected chi connectivity index (χ0v) is 24.8. The molecule has 0 bridgehead atoms. The van der Waals surface area contributed by atoms with E-state index < -0.39 is 10.0 Å². The maximum absolute atomic E-state index is 11.7. The third-order valence-corrected chi connectivity index (χ3v) is 8.39. The lowest BCUT2D eigenvalue weighted by atomic mass is 10.1. The Morgan fingerprint density at radius 1 is 0.952 bits per heavy atom. The van der Waals surface area contributed by atoms with Gasteiger partial charge in [0, 0.05) is 38.2 Å². The van der Waals surface area contributed by atoms with E-state index in [2.05, 4.69) is 26.4 Å². The van der Waals surface area contributed by atoms with Gasteiger partial charge in [-0.05, 0) is 73.1 Å². The fourth-order valence-electron chi connectivity index (χ4n) is 4.45. The first kappa shape index (κ1) is 28.8. The second-order valence-corrected chi connectivity index (χ2v) is 11.8. The normalized spacial score (nSPS) is 11.4. The lowest BCUT2D eigenvalue weighted by Gasteiger charge is -2.19. The van der Waals surface area contributed by atoms with Gasteiger partial charge in [-0.1, -0.05) is 24.3 Å². The standard InChI is InChI=1S/C30H34N8O3S/c1-31-42(39,40)18-16-21-5-9-23(10-6-21)34-29-32-17-15-28(36-29)37(2)24-11-14-27-26(19-24)35-30(38(27)3)33-20-22-7-12-25(41-4)13-8-22/h5-15,17,19,31H,16,18,20H2,1-4H3,(H,33,35)(H,32,34,36). The smallest absolute Gasteiger partial charge is 0.229 e. The molecule has 0 aliphatic carbocycles. The average Bonchev–Trinajstić information content (AvgIpc) is 3.34. The average molecular weight is 587 g/mol. The fourth-order valence-corrected chi connectivity index (χ4v) is 5.15. The summed E-state index contributed by atoms with van der Waals surface area (Å²) in [5, 5.41) is 6.65. The van der Waals surface area contributed by atoms with E-state index in [1.165, 1.54) is 7.05 Å². The van der Waals surface area contributed by atoms with Crippen molar-refractivity contribution >= 4 is 50.1 Å². The molecule has 218 valence electrons. The Balaban J connectivity index is 1.26. The van der Waals surface area contributed by atoms with Gasteiger partial charge in [-0.25, -0.2) is 23.1 Å². The number of nitrogens with zero attached hydrogens (tertiary/aromatic N) is 5. The van der Waals surface area contributed by atoms with Gasteiger partial charge in [0.25, 0.3) is 0 Å². The topological polar surface area (TPSA) is 126 Å². The minimum absolute atomic E-state index is 0.0412. The van der Waals surface area contributed by atoms with Gasteiger partial charge >= 0.3 is 0 Å². The van der Waals surface area contributed by atoms with E-state index >= 15 is 0 Å². The highest BCUT2D eigenvalue weighted by Crippen LogP contribution is 2.28. The highest BCUT2D eigenvalue weighted by molar-refractivity contribution is 7.89. The minimum atomic E-state index is -3.24. The van der Waals surface area contributed by atoms with E-state index in [0.717, 1.165) is 51.1 Å². The van der Waals surface area contributed by atoms with Gasteiger partial charge in [0.05, 0.1) is 23.9 Å². The van der Waals surface area contributed by atoms with Crippen molar-refractivity contribution in [1.82, 2.24) is 24.2 Å². The van der Waals surface area contributed by atoms with E-state index in [1.807, 2.05) is 90.3 Å². The molecule has 0 fully saturated rings. The summed E-state index contributed by atoms with van der Waals surface area (Å²) >= 11 is 0. The second-order valence-electron chi connectivity index (χ2n) is 9.76. The second kappa shape index (κ2) is 12.5. The number of aromatic nitrogens is 4. The summed E-state index contributed by atoms with van der Waals surface area (Å²) in [6.45, 7) is 0.644. The first-order valence-corrected chi connectivity index (χ1v) is 15.1. The molecule has 0 radical (unpaired) electrons. The van der Waals surface area contributed by atoms with Crippen molar-refractivity contribution < 1.29 is 13.2 Å². The number of benzene rings is 3. The molecule has 0 unspecified atom stereocenters. The number of rotatable bonds is 12. The Labute approximate surface area is 245 Å². The predicted octanol–water partition coefficient (Wildman–Crippen LogP) is 4.59. The number of nitrogens with one attached hydrogen (secondary N) is 3. The first-order chi connectivity index (χ1) is 20.2. The van der Waals surface area contributed by atoms with Crippen molar-refractivity contribution in [1.29, 1.82) is 0 Å². The summed E-state index contributed by atoms with van der Waals surface area (Å²) in [7, 11) is 3.78. The van der Waals surface area contributed by atoms with Crippen LogP contribution in [0, 0.1) is 0 Å². The summed E-state index contributed by atoms with van der Waals surface area (Å²) in [6, 6.07) is 23.5. The predicted molar refractivity (Wildman–Crippen MR) is 167 cm³/mol. The molecule has 2 heterocycles. The number of fused-ring (bicyclic) bond motifs is 1. The quantitative estimate of drug-likeness (QED) is 0.192. The molecule has 5 rings (SSSR count). The highest BCUT2D eigenvalue weighted by atomic mass is 32.2. The van der Waals surface area contributed by atoms with Crippen LogP contribution < -0.4 is 25.0 Å². The molecule has 3 N–H and O–H groups in total. The number of methoxy groups -OCH3 is 1. The van der Waals surface area contributed by atoms with Crippen LogP contribution >= 0.6 is 0 Å². The summed E-state index contributed by atoms with van der Waals surface area (Å²) in [6.07, 6.45) is 2.14. The van der Waals surface area contributed by atoms with Crippen molar-refractivity contribution in [2.45, 2.75) is 13.0 Å². The van der Waals surface area contributed by atoms with E-state index in [0.29, 0.717) is 18.9 Å². The number of anilines is 5. The number of hydrogen-bond donors (Lipinski definition) is 3. The molecule has 12 heteroatoms. The Bertz CT molecular complexity index is 1770. The molecule has 0 amide bonds. The molecular weight excluding hydrogens is 552 g/mol. The van der Waals surface area contributed by atoms with Crippen molar-refractivity contribution in [3.8, 4) is 5.75 Å². The molecule has 5 aromatic rings. The molecule has 0 spiro atoms. The number of hydrogen-bond acceptors (Lipinski definition) is 9. The van der Waals surface area contributed by atoms with Crippen LogP contribution in [-0.4, -0.2) is 54.9 Å². The van der Waals surface area contributed by atoms with Crippen LogP contribution in [0.3, 0.4) is 0 Å². The molecular formula is C30H34N8O3S. The summed E-state index contributed by atoms with van der Waals surface area (Å²) in [5.74, 6) is 2.82. The highest BCUT2D eigenvalue weighted by Gasteiger charge is 2.13. The van der Waals surface area contributed by atoms with E-state index in [-0.39, 0.29) is 5.75 Å². The molecule has 2 aromatic heterocycles. The summed E-state index contributed by atoms with van der Waals surface area (Å²) in [4.78, 5) is 15.9. The molecule has 3 aromatic carbocycles. The van der Waals surface area contributed by atoms with Crippen LogP contribution in [-0.2, 0) is 30.0 Å². The summed E-state index contributed by atoms with van der Waals surface area (Å²) < 4.78 is 33.0. The molecule has 0 saturated carbocycles. The van der Waals surface area contributed by atoms with Crippen LogP contribution in [0.15, 0.2) is 79.0 Å². The monoisotopic (exact) mass is 586 g/mol. The van der Waals surface area contributed by atoms with Crippen molar-refractivity contribution in [3.05, 3.63) is 90.1 Å². The Morgan fingerprint density at radius 3 is 2.40 bits per heavy atom. The molecule has 42 heavy (non-hydrogen) atoms. The maximum atomic E-state index is 11.7. The van der Waals surface area contributed by atoms with Gasteiger partial charge in [-0.2, -0.15) is 4.98 Å². The molecule has 0 saturated heterocycles. The number of ether oxygens (including phenoxy) is 1. The lowest BCUT2D eigenvalue weighted by molar-refractivity contribution is 0.414. The molecule has 0 aliphatic rings. The Kier molecular flexibility index (Phi) is 8.55. The maximum Gasteiger partial charge on any atom is 0.229 e. The van der Waals surface area contributed by atoms with Gasteiger partial charge in [0.15, 0.2) is 0 Å². The zero-order valence-electron chi connectivity index (χ0n) is 24.0. The number of aryl methyl sites for hydroxylation is 2.